The molecule has 0 aromatic heterocycles. The lowest BCUT2D eigenvalue weighted by Gasteiger charge is -2.35. The fourth-order valence-corrected chi connectivity index (χ4v) is 3.74. The summed E-state index contributed by atoms with van der Waals surface area (Å²) in [5, 5.41) is 12.1. The van der Waals surface area contributed by atoms with Crippen LogP contribution in [-0.4, -0.2) is 29.2 Å². The first kappa shape index (κ1) is 14.3. The van der Waals surface area contributed by atoms with Crippen molar-refractivity contribution in [2.24, 2.45) is 11.8 Å². The van der Waals surface area contributed by atoms with E-state index in [0.29, 0.717) is 35.6 Å². The van der Waals surface area contributed by atoms with E-state index in [1.165, 1.54) is 0 Å². The Bertz CT molecular complexity index is 715. The molecular formula is C16H14NO6-. The Labute approximate surface area is 131 Å². The van der Waals surface area contributed by atoms with Crippen molar-refractivity contribution >= 4 is 17.9 Å². The summed E-state index contributed by atoms with van der Waals surface area (Å²) in [5.74, 6) is -1.75. The predicted octanol–water partition coefficient (Wildman–Crippen LogP) is 1.60. The van der Waals surface area contributed by atoms with E-state index in [4.69, 9.17) is 0 Å². The number of benzene rings is 1. The summed E-state index contributed by atoms with van der Waals surface area (Å²) in [4.78, 5) is 39.2. The van der Waals surface area contributed by atoms with Gasteiger partial charge in [0.2, 0.25) is 0 Å². The lowest BCUT2D eigenvalue weighted by atomic mass is 9.76. The maximum absolute atomic E-state index is 11.6. The molecule has 3 unspecified atom stereocenters. The van der Waals surface area contributed by atoms with Gasteiger partial charge in [-0.15, -0.1) is 0 Å². The highest BCUT2D eigenvalue weighted by atomic mass is 16.9. The third-order valence-corrected chi connectivity index (χ3v) is 4.91. The third kappa shape index (κ3) is 2.32. The molecule has 0 spiro atoms. The number of fused-ring (bicyclic) bond motifs is 2. The number of hydrogen-bond acceptors (Lipinski definition) is 7. The molecule has 2 aliphatic heterocycles. The standard InChI is InChI=1S/C16H14NO6/c18-14-10-3-1-8(6-12(10)15(19)22-14)5-9-2-4-11-13(7-9)17(21)23-16(11)20/h1,3,6,9,11,13H,2,4-5,7H2/q-1. The first-order chi connectivity index (χ1) is 11.0. The molecule has 7 heteroatoms. The summed E-state index contributed by atoms with van der Waals surface area (Å²) in [6, 6.07) is 4.67. The SMILES string of the molecule is O=C1OC(=O)c2cc(CC3CCC4C(=O)ON([O-])C4C3)ccc21. The fourth-order valence-electron chi connectivity index (χ4n) is 3.74. The van der Waals surface area contributed by atoms with Gasteiger partial charge in [0.15, 0.2) is 0 Å². The molecule has 0 radical (unpaired) electrons. The van der Waals surface area contributed by atoms with E-state index in [0.717, 1.165) is 12.0 Å². The van der Waals surface area contributed by atoms with E-state index in [1.807, 2.05) is 0 Å². The summed E-state index contributed by atoms with van der Waals surface area (Å²) >= 11 is 0. The summed E-state index contributed by atoms with van der Waals surface area (Å²) in [7, 11) is 0. The minimum absolute atomic E-state index is 0.230. The second-order valence-electron chi connectivity index (χ2n) is 6.31. The van der Waals surface area contributed by atoms with Crippen LogP contribution in [0.15, 0.2) is 18.2 Å². The Morgan fingerprint density at radius 2 is 1.91 bits per heavy atom. The van der Waals surface area contributed by atoms with Gasteiger partial charge in [0, 0.05) is 6.04 Å². The zero-order chi connectivity index (χ0) is 16.1. The van der Waals surface area contributed by atoms with Gasteiger partial charge in [0.05, 0.1) is 17.0 Å². The second kappa shape index (κ2) is 5.14. The number of rotatable bonds is 2. The number of hydrogen-bond donors (Lipinski definition) is 0. The number of hydroxylamine groups is 2. The predicted molar refractivity (Wildman–Crippen MR) is 75.8 cm³/mol. The Balaban J connectivity index is 1.49. The molecule has 3 atom stereocenters. The topological polar surface area (TPSA) is 96.0 Å². The van der Waals surface area contributed by atoms with Crippen molar-refractivity contribution in [2.45, 2.75) is 31.7 Å². The lowest BCUT2D eigenvalue weighted by molar-refractivity contribution is -0.164. The Hall–Kier alpha value is -2.25. The van der Waals surface area contributed by atoms with E-state index in [-0.39, 0.29) is 11.8 Å². The summed E-state index contributed by atoms with van der Waals surface area (Å²) in [6.07, 6.45) is 2.73. The quantitative estimate of drug-likeness (QED) is 0.604. The number of carbonyl (C=O) groups is 3. The average molecular weight is 316 g/mol. The van der Waals surface area contributed by atoms with Crippen LogP contribution in [0.4, 0.5) is 0 Å². The van der Waals surface area contributed by atoms with Crippen LogP contribution in [0.2, 0.25) is 0 Å². The summed E-state index contributed by atoms with van der Waals surface area (Å²) in [6.45, 7) is 0. The van der Waals surface area contributed by atoms with E-state index in [9.17, 15) is 19.6 Å². The molecular weight excluding hydrogens is 302 g/mol. The second-order valence-corrected chi connectivity index (χ2v) is 6.31. The largest absolute Gasteiger partial charge is 0.752 e. The van der Waals surface area contributed by atoms with Crippen LogP contribution in [-0.2, 0) is 20.8 Å². The summed E-state index contributed by atoms with van der Waals surface area (Å²) in [5.41, 5.74) is 1.51. The van der Waals surface area contributed by atoms with Crippen molar-refractivity contribution in [1.29, 1.82) is 0 Å². The molecule has 1 saturated carbocycles. The molecule has 0 N–H and O–H groups in total. The van der Waals surface area contributed by atoms with Crippen molar-refractivity contribution in [3.63, 3.8) is 0 Å². The van der Waals surface area contributed by atoms with Crippen molar-refractivity contribution < 1.29 is 24.0 Å². The highest BCUT2D eigenvalue weighted by molar-refractivity contribution is 6.14. The van der Waals surface area contributed by atoms with Crippen LogP contribution in [0.3, 0.4) is 0 Å². The van der Waals surface area contributed by atoms with E-state index < -0.39 is 23.9 Å². The molecule has 23 heavy (non-hydrogen) atoms. The Kier molecular flexibility index (Phi) is 3.21. The highest BCUT2D eigenvalue weighted by Gasteiger charge is 2.43. The smallest absolute Gasteiger partial charge is 0.346 e. The zero-order valence-corrected chi connectivity index (χ0v) is 12.2. The molecule has 120 valence electrons. The molecule has 2 heterocycles. The Morgan fingerprint density at radius 1 is 1.13 bits per heavy atom. The molecule has 2 fully saturated rings. The molecule has 1 saturated heterocycles. The van der Waals surface area contributed by atoms with Crippen molar-refractivity contribution in [1.82, 2.24) is 5.23 Å². The van der Waals surface area contributed by atoms with Gasteiger partial charge < -0.3 is 14.8 Å². The maximum Gasteiger partial charge on any atom is 0.346 e. The van der Waals surface area contributed by atoms with Gasteiger partial charge in [-0.05, 0) is 49.3 Å². The van der Waals surface area contributed by atoms with Crippen molar-refractivity contribution in [3.05, 3.63) is 40.1 Å². The van der Waals surface area contributed by atoms with Gasteiger partial charge in [-0.25, -0.2) is 14.8 Å². The normalized spacial score (nSPS) is 30.0. The number of nitrogens with zero attached hydrogens (tertiary/aromatic N) is 1. The van der Waals surface area contributed by atoms with Crippen LogP contribution >= 0.6 is 0 Å². The van der Waals surface area contributed by atoms with Gasteiger partial charge >= 0.3 is 17.9 Å². The van der Waals surface area contributed by atoms with Crippen molar-refractivity contribution in [3.8, 4) is 0 Å². The monoisotopic (exact) mass is 316 g/mol. The first-order valence-electron chi connectivity index (χ1n) is 7.60. The number of ether oxygens (including phenoxy) is 1. The zero-order valence-electron chi connectivity index (χ0n) is 12.2. The number of carbonyl (C=O) groups excluding carboxylic acids is 3. The average Bonchev–Trinajstić information content (AvgIpc) is 2.96. The number of cyclic esters (lactones) is 2. The van der Waals surface area contributed by atoms with Crippen LogP contribution in [0, 0.1) is 17.0 Å². The molecule has 7 nitrogen and oxygen atoms in total. The van der Waals surface area contributed by atoms with Gasteiger partial charge in [0.1, 0.15) is 0 Å². The highest BCUT2D eigenvalue weighted by Crippen LogP contribution is 2.38. The molecule has 4 rings (SSSR count). The molecule has 1 aromatic rings. The molecule has 1 aliphatic carbocycles. The molecule has 3 aliphatic rings. The van der Waals surface area contributed by atoms with Crippen LogP contribution in [0.25, 0.3) is 0 Å². The van der Waals surface area contributed by atoms with Gasteiger partial charge in [0.25, 0.3) is 0 Å². The van der Waals surface area contributed by atoms with E-state index >= 15 is 0 Å². The Morgan fingerprint density at radius 3 is 2.74 bits per heavy atom. The van der Waals surface area contributed by atoms with Crippen molar-refractivity contribution in [2.75, 3.05) is 0 Å². The fraction of sp³-hybridized carbons (Fsp3) is 0.438. The van der Waals surface area contributed by atoms with E-state index in [2.05, 4.69) is 9.57 Å². The van der Waals surface area contributed by atoms with Crippen LogP contribution in [0.1, 0.15) is 45.5 Å². The minimum atomic E-state index is -0.615. The minimum Gasteiger partial charge on any atom is -0.752 e. The first-order valence-corrected chi connectivity index (χ1v) is 7.60. The van der Waals surface area contributed by atoms with E-state index in [1.54, 1.807) is 18.2 Å². The number of esters is 2. The lowest BCUT2D eigenvalue weighted by Crippen LogP contribution is -2.35. The maximum atomic E-state index is 11.6. The van der Waals surface area contributed by atoms with Crippen LogP contribution in [0.5, 0.6) is 0 Å². The molecule has 0 amide bonds. The third-order valence-electron chi connectivity index (χ3n) is 4.91. The van der Waals surface area contributed by atoms with Crippen LogP contribution < -0.4 is 0 Å². The van der Waals surface area contributed by atoms with Gasteiger partial charge in [-0.3, -0.25) is 4.79 Å². The summed E-state index contributed by atoms with van der Waals surface area (Å²) < 4.78 is 4.58. The van der Waals surface area contributed by atoms with Gasteiger partial charge in [-0.1, -0.05) is 6.07 Å². The van der Waals surface area contributed by atoms with Gasteiger partial charge in [-0.2, -0.15) is 0 Å². The molecule has 0 bridgehead atoms. The molecule has 1 aromatic carbocycles.